The van der Waals surface area contributed by atoms with Crippen LogP contribution in [0.4, 0.5) is 20.4 Å². The summed E-state index contributed by atoms with van der Waals surface area (Å²) in [6.45, 7) is -2.47. The Bertz CT molecular complexity index is 1570. The molecule has 5 rings (SSSR count). The van der Waals surface area contributed by atoms with Crippen molar-refractivity contribution in [1.29, 1.82) is 0 Å². The van der Waals surface area contributed by atoms with E-state index in [0.29, 0.717) is 38.8 Å². The molecule has 0 bridgehead atoms. The molecule has 0 radical (unpaired) electrons. The van der Waals surface area contributed by atoms with E-state index >= 15 is 0 Å². The third-order valence-electron chi connectivity index (χ3n) is 5.54. The fourth-order valence-electron chi connectivity index (χ4n) is 3.60. The summed E-state index contributed by atoms with van der Waals surface area (Å²) in [4.78, 5) is 24.6. The zero-order valence-electron chi connectivity index (χ0n) is 20.5. The Labute approximate surface area is 192 Å². The molecule has 1 aliphatic carbocycles. The lowest BCUT2D eigenvalue weighted by Crippen LogP contribution is -2.14. The molecule has 33 heavy (non-hydrogen) atoms. The second-order valence-electron chi connectivity index (χ2n) is 7.81. The van der Waals surface area contributed by atoms with Crippen LogP contribution in [0.25, 0.3) is 21.8 Å². The highest BCUT2D eigenvalue weighted by atomic mass is 19.3. The van der Waals surface area contributed by atoms with Crippen molar-refractivity contribution in [2.45, 2.75) is 19.3 Å². The van der Waals surface area contributed by atoms with Gasteiger partial charge in [0.2, 0.25) is 5.91 Å². The first-order valence-electron chi connectivity index (χ1n) is 11.7. The zero-order chi connectivity index (χ0) is 25.6. The molecule has 1 fully saturated rings. The third kappa shape index (κ3) is 3.96. The Kier molecular flexibility index (Phi) is 4.31. The number of imidazole rings is 1. The van der Waals surface area contributed by atoms with Crippen LogP contribution in [0, 0.1) is 17.8 Å². The van der Waals surface area contributed by atoms with Crippen LogP contribution in [-0.4, -0.2) is 32.4 Å². The van der Waals surface area contributed by atoms with Gasteiger partial charge < -0.3 is 15.2 Å². The number of aromatic nitrogens is 4. The van der Waals surface area contributed by atoms with E-state index in [1.807, 2.05) is 0 Å². The Morgan fingerprint density at radius 2 is 2.06 bits per heavy atom. The van der Waals surface area contributed by atoms with Crippen LogP contribution in [0.3, 0.4) is 0 Å². The van der Waals surface area contributed by atoms with E-state index in [9.17, 15) is 13.6 Å². The predicted molar refractivity (Wildman–Crippen MR) is 122 cm³/mol. The van der Waals surface area contributed by atoms with Gasteiger partial charge in [-0.3, -0.25) is 4.79 Å². The molecule has 2 N–H and O–H groups in total. The number of nitrogens with one attached hydrogen (secondary N) is 2. The highest BCUT2D eigenvalue weighted by Gasteiger charge is 2.29. The van der Waals surface area contributed by atoms with Crippen LogP contribution in [0.2, 0.25) is 0 Å². The van der Waals surface area contributed by atoms with E-state index in [1.54, 1.807) is 24.3 Å². The number of carbonyl (C=O) groups is 1. The summed E-state index contributed by atoms with van der Waals surface area (Å²) >= 11 is 0. The molecule has 1 amide bonds. The number of hydrogen-bond donors (Lipinski definition) is 2. The molecule has 3 aromatic heterocycles. The minimum absolute atomic E-state index is 0.0144. The van der Waals surface area contributed by atoms with Crippen LogP contribution in [-0.2, 0) is 11.8 Å². The number of fused-ring (bicyclic) bond motifs is 2. The quantitative estimate of drug-likeness (QED) is 0.455. The molecule has 1 aliphatic rings. The first kappa shape index (κ1) is 17.5. The van der Waals surface area contributed by atoms with Gasteiger partial charge in [0.1, 0.15) is 11.6 Å². The minimum Gasteiger partial charge on any atom is -0.373 e. The molecule has 0 unspecified atom stereocenters. The van der Waals surface area contributed by atoms with Crippen molar-refractivity contribution < 1.29 is 17.7 Å². The lowest BCUT2D eigenvalue weighted by atomic mass is 10.1. The maximum atomic E-state index is 13.2. The number of pyridine rings is 2. The largest absolute Gasteiger partial charge is 0.373 e. The van der Waals surface area contributed by atoms with Crippen molar-refractivity contribution in [3.63, 3.8) is 0 Å². The van der Waals surface area contributed by atoms with Crippen molar-refractivity contribution in [3.05, 3.63) is 53.6 Å². The van der Waals surface area contributed by atoms with Gasteiger partial charge in [-0.2, -0.15) is 0 Å². The van der Waals surface area contributed by atoms with Crippen LogP contribution < -0.4 is 10.6 Å². The Morgan fingerprint density at radius 3 is 2.82 bits per heavy atom. The molecule has 1 aromatic carbocycles. The molecule has 0 atom stereocenters. The van der Waals surface area contributed by atoms with Gasteiger partial charge in [0, 0.05) is 52.8 Å². The average Bonchev–Trinajstić information content (AvgIpc) is 3.62. The van der Waals surface area contributed by atoms with Gasteiger partial charge >= 0.3 is 0 Å². The van der Waals surface area contributed by atoms with Crippen molar-refractivity contribution >= 4 is 39.3 Å². The number of amides is 1. The van der Waals surface area contributed by atoms with Gasteiger partial charge in [-0.15, -0.1) is 0 Å². The number of anilines is 2. The summed E-state index contributed by atoms with van der Waals surface area (Å²) in [5, 5.41) is 6.15. The third-order valence-corrected chi connectivity index (χ3v) is 5.54. The van der Waals surface area contributed by atoms with Gasteiger partial charge in [0.25, 0.3) is 6.43 Å². The van der Waals surface area contributed by atoms with E-state index in [-0.39, 0.29) is 23.5 Å². The highest BCUT2D eigenvalue weighted by molar-refractivity contribution is 5.99. The molecule has 3 heterocycles. The highest BCUT2D eigenvalue weighted by Crippen LogP contribution is 2.31. The predicted octanol–water partition coefficient (Wildman–Crippen LogP) is 4.24. The first-order chi connectivity index (χ1) is 17.1. The molecule has 1 saturated carbocycles. The summed E-state index contributed by atoms with van der Waals surface area (Å²) in [7, 11) is 1.52. The summed E-state index contributed by atoms with van der Waals surface area (Å²) in [5.41, 5.74) is 2.00. The first-order valence-corrected chi connectivity index (χ1v) is 10.2. The number of alkyl halides is 2. The number of carbonyl (C=O) groups excluding carboxylic acids is 1. The number of aryl methyl sites for hydroxylation is 1. The van der Waals surface area contributed by atoms with E-state index in [0.717, 1.165) is 12.8 Å². The second kappa shape index (κ2) is 8.13. The van der Waals surface area contributed by atoms with Gasteiger partial charge in [-0.25, -0.2) is 23.7 Å². The van der Waals surface area contributed by atoms with Crippen LogP contribution in [0.15, 0.2) is 36.7 Å². The standard InChI is InChI=1S/C24H20F2N6O/c1-27-22-17-12-28-20(31-24(33)14-6-7-14)10-16(17)15(11-29-22)5-3-13-4-8-18-19(9-13)32(2)23(30-18)21(25)26/h4,8-12,14,21H,6-7H2,1-2H3,(H,27,29)(H,28,31,33)/i1D3. The van der Waals surface area contributed by atoms with Crippen molar-refractivity contribution in [2.75, 3.05) is 17.6 Å². The SMILES string of the molecule is [2H]C([2H])([2H])Nc1ncc(C#Cc2ccc3nc(C(F)F)n(C)c3c2)c2cc(NC(=O)C3CC3)ncc12. The molecule has 0 spiro atoms. The van der Waals surface area contributed by atoms with Gasteiger partial charge in [-0.05, 0) is 37.1 Å². The second-order valence-corrected chi connectivity index (χ2v) is 7.81. The minimum atomic E-state index is -2.69. The maximum absolute atomic E-state index is 13.2. The van der Waals surface area contributed by atoms with Crippen LogP contribution in [0.1, 0.15) is 40.3 Å². The van der Waals surface area contributed by atoms with E-state index < -0.39 is 13.4 Å². The van der Waals surface area contributed by atoms with Gasteiger partial charge in [0.05, 0.1) is 16.6 Å². The molecule has 4 aromatic rings. The fraction of sp³-hybridized carbons (Fsp3) is 0.250. The summed E-state index contributed by atoms with van der Waals surface area (Å²) in [5.74, 6) is 6.02. The smallest absolute Gasteiger partial charge is 0.295 e. The molecule has 7 nitrogen and oxygen atoms in total. The molecule has 166 valence electrons. The van der Waals surface area contributed by atoms with Gasteiger partial charge in [-0.1, -0.05) is 11.8 Å². The van der Waals surface area contributed by atoms with Gasteiger partial charge in [0.15, 0.2) is 5.82 Å². The maximum Gasteiger partial charge on any atom is 0.295 e. The normalized spacial score (nSPS) is 15.0. The Balaban J connectivity index is 1.56. The number of nitrogens with zero attached hydrogens (tertiary/aromatic N) is 4. The molecule has 9 heteroatoms. The molecular weight excluding hydrogens is 426 g/mol. The van der Waals surface area contributed by atoms with Crippen molar-refractivity contribution in [2.24, 2.45) is 13.0 Å². The molecule has 0 saturated heterocycles. The van der Waals surface area contributed by atoms with Crippen molar-refractivity contribution in [1.82, 2.24) is 19.5 Å². The lowest BCUT2D eigenvalue weighted by molar-refractivity contribution is -0.117. The van der Waals surface area contributed by atoms with E-state index in [2.05, 4.69) is 37.4 Å². The van der Waals surface area contributed by atoms with Crippen LogP contribution in [0.5, 0.6) is 0 Å². The number of rotatable bonds is 4. The lowest BCUT2D eigenvalue weighted by Gasteiger charge is -2.09. The summed E-state index contributed by atoms with van der Waals surface area (Å²) in [6, 6.07) is 6.61. The summed E-state index contributed by atoms with van der Waals surface area (Å²) in [6.07, 6.45) is 1.86. The zero-order valence-corrected chi connectivity index (χ0v) is 17.5. The van der Waals surface area contributed by atoms with Crippen molar-refractivity contribution in [3.8, 4) is 11.8 Å². The topological polar surface area (TPSA) is 84.7 Å². The summed E-state index contributed by atoms with van der Waals surface area (Å²) < 4.78 is 50.3. The van der Waals surface area contributed by atoms with Crippen LogP contribution >= 0.6 is 0 Å². The Hall–Kier alpha value is -4.06. The number of hydrogen-bond acceptors (Lipinski definition) is 5. The number of halogens is 2. The average molecular weight is 449 g/mol. The van der Waals surface area contributed by atoms with E-state index in [1.165, 1.54) is 24.0 Å². The molecular formula is C24H20F2N6O. The molecule has 0 aliphatic heterocycles. The monoisotopic (exact) mass is 449 g/mol. The van der Waals surface area contributed by atoms with E-state index in [4.69, 9.17) is 4.11 Å². The number of benzene rings is 1. The fourth-order valence-corrected chi connectivity index (χ4v) is 3.60. The Morgan fingerprint density at radius 1 is 1.21 bits per heavy atom.